The van der Waals surface area contributed by atoms with Gasteiger partial charge in [-0.15, -0.1) is 0 Å². The quantitative estimate of drug-likeness (QED) is 0.910. The van der Waals surface area contributed by atoms with E-state index in [1.807, 2.05) is 18.2 Å². The zero-order valence-electron chi connectivity index (χ0n) is 10.6. The third kappa shape index (κ3) is 3.66. The summed E-state index contributed by atoms with van der Waals surface area (Å²) in [6.45, 7) is 3.00. The normalized spacial score (nSPS) is 12.4. The summed E-state index contributed by atoms with van der Waals surface area (Å²) in [7, 11) is 0. The van der Waals surface area contributed by atoms with Crippen LogP contribution in [0.2, 0.25) is 10.0 Å². The molecule has 1 aromatic heterocycles. The monoisotopic (exact) mass is 295 g/mol. The van der Waals surface area contributed by atoms with Crippen LogP contribution in [0.3, 0.4) is 0 Å². The SMILES string of the molecule is CCCNC(c1ccnnc1)c1cc(Cl)ccc1Cl. The highest BCUT2D eigenvalue weighted by Gasteiger charge is 2.17. The molecule has 0 radical (unpaired) electrons. The first-order valence-electron chi connectivity index (χ1n) is 6.17. The van der Waals surface area contributed by atoms with Gasteiger partial charge >= 0.3 is 0 Å². The smallest absolute Gasteiger partial charge is 0.0608 e. The molecule has 0 spiro atoms. The minimum absolute atomic E-state index is 0.0263. The molecule has 3 nitrogen and oxygen atoms in total. The van der Waals surface area contributed by atoms with E-state index in [2.05, 4.69) is 22.4 Å². The van der Waals surface area contributed by atoms with Gasteiger partial charge < -0.3 is 5.32 Å². The zero-order valence-corrected chi connectivity index (χ0v) is 12.1. The van der Waals surface area contributed by atoms with Gasteiger partial charge in [0.25, 0.3) is 0 Å². The Morgan fingerprint density at radius 1 is 1.21 bits per heavy atom. The van der Waals surface area contributed by atoms with Gasteiger partial charge in [0.15, 0.2) is 0 Å². The average molecular weight is 296 g/mol. The molecule has 1 heterocycles. The molecule has 0 aliphatic carbocycles. The van der Waals surface area contributed by atoms with E-state index in [9.17, 15) is 0 Å². The van der Waals surface area contributed by atoms with E-state index in [4.69, 9.17) is 23.2 Å². The van der Waals surface area contributed by atoms with E-state index < -0.39 is 0 Å². The Morgan fingerprint density at radius 2 is 2.05 bits per heavy atom. The van der Waals surface area contributed by atoms with Crippen molar-refractivity contribution in [2.45, 2.75) is 19.4 Å². The lowest BCUT2D eigenvalue weighted by Gasteiger charge is -2.20. The predicted octanol–water partition coefficient (Wildman–Crippen LogP) is 3.87. The molecule has 1 unspecified atom stereocenters. The molecule has 0 bridgehead atoms. The molecule has 0 saturated heterocycles. The number of nitrogens with one attached hydrogen (secondary N) is 1. The van der Waals surface area contributed by atoms with Gasteiger partial charge in [-0.05, 0) is 48.4 Å². The summed E-state index contributed by atoms with van der Waals surface area (Å²) < 4.78 is 0. The van der Waals surface area contributed by atoms with Crippen molar-refractivity contribution in [3.63, 3.8) is 0 Å². The Morgan fingerprint density at radius 3 is 2.74 bits per heavy atom. The zero-order chi connectivity index (χ0) is 13.7. The van der Waals surface area contributed by atoms with Crippen molar-refractivity contribution in [3.8, 4) is 0 Å². The van der Waals surface area contributed by atoms with Crippen molar-refractivity contribution in [1.29, 1.82) is 0 Å². The number of nitrogens with zero attached hydrogens (tertiary/aromatic N) is 2. The van der Waals surface area contributed by atoms with Crippen LogP contribution in [-0.4, -0.2) is 16.7 Å². The number of halogens is 2. The Hall–Kier alpha value is -1.16. The van der Waals surface area contributed by atoms with E-state index in [1.54, 1.807) is 18.5 Å². The first-order valence-corrected chi connectivity index (χ1v) is 6.93. The van der Waals surface area contributed by atoms with Gasteiger partial charge in [0.05, 0.1) is 12.2 Å². The van der Waals surface area contributed by atoms with E-state index in [0.717, 1.165) is 24.1 Å². The summed E-state index contributed by atoms with van der Waals surface area (Å²) in [4.78, 5) is 0. The molecule has 5 heteroatoms. The van der Waals surface area contributed by atoms with Crippen LogP contribution in [0.1, 0.15) is 30.5 Å². The second-order valence-electron chi connectivity index (χ2n) is 4.23. The molecule has 19 heavy (non-hydrogen) atoms. The number of rotatable bonds is 5. The number of hydrogen-bond acceptors (Lipinski definition) is 3. The minimum atomic E-state index is -0.0263. The second kappa shape index (κ2) is 6.85. The van der Waals surface area contributed by atoms with Crippen molar-refractivity contribution in [2.24, 2.45) is 0 Å². The molecule has 1 aromatic carbocycles. The third-order valence-corrected chi connectivity index (χ3v) is 3.39. The van der Waals surface area contributed by atoms with Gasteiger partial charge in [0.2, 0.25) is 0 Å². The van der Waals surface area contributed by atoms with E-state index >= 15 is 0 Å². The van der Waals surface area contributed by atoms with Crippen LogP contribution in [0.4, 0.5) is 0 Å². The summed E-state index contributed by atoms with van der Waals surface area (Å²) >= 11 is 12.4. The van der Waals surface area contributed by atoms with Crippen molar-refractivity contribution in [3.05, 3.63) is 57.8 Å². The lowest BCUT2D eigenvalue weighted by molar-refractivity contribution is 0.595. The molecule has 0 amide bonds. The van der Waals surface area contributed by atoms with Crippen molar-refractivity contribution in [2.75, 3.05) is 6.54 Å². The molecule has 100 valence electrons. The van der Waals surface area contributed by atoms with Crippen LogP contribution in [0.5, 0.6) is 0 Å². The van der Waals surface area contributed by atoms with Gasteiger partial charge in [-0.2, -0.15) is 10.2 Å². The first kappa shape index (κ1) is 14.3. The second-order valence-corrected chi connectivity index (χ2v) is 5.07. The topological polar surface area (TPSA) is 37.8 Å². The third-order valence-electron chi connectivity index (χ3n) is 2.81. The van der Waals surface area contributed by atoms with E-state index in [-0.39, 0.29) is 6.04 Å². The van der Waals surface area contributed by atoms with Crippen LogP contribution in [-0.2, 0) is 0 Å². The van der Waals surface area contributed by atoms with E-state index in [0.29, 0.717) is 10.0 Å². The molecule has 0 fully saturated rings. The maximum atomic E-state index is 6.29. The van der Waals surface area contributed by atoms with Gasteiger partial charge in [-0.25, -0.2) is 0 Å². The van der Waals surface area contributed by atoms with Crippen LogP contribution < -0.4 is 5.32 Å². The molecule has 1 N–H and O–H groups in total. The van der Waals surface area contributed by atoms with E-state index in [1.165, 1.54) is 0 Å². The van der Waals surface area contributed by atoms with Crippen LogP contribution in [0.15, 0.2) is 36.7 Å². The Labute approximate surface area is 123 Å². The molecular weight excluding hydrogens is 281 g/mol. The fourth-order valence-electron chi connectivity index (χ4n) is 1.90. The standard InChI is InChI=1S/C14H15Cl2N3/c1-2-6-17-14(10-5-7-18-19-9-10)12-8-11(15)3-4-13(12)16/h3-5,7-9,14,17H,2,6H2,1H3. The fourth-order valence-corrected chi connectivity index (χ4v) is 2.31. The van der Waals surface area contributed by atoms with Gasteiger partial charge in [-0.3, -0.25) is 0 Å². The number of benzene rings is 1. The molecule has 0 saturated carbocycles. The molecule has 1 atom stereocenters. The maximum Gasteiger partial charge on any atom is 0.0608 e. The summed E-state index contributed by atoms with van der Waals surface area (Å²) in [6, 6.07) is 7.39. The highest BCUT2D eigenvalue weighted by Crippen LogP contribution is 2.30. The van der Waals surface area contributed by atoms with Gasteiger partial charge in [0.1, 0.15) is 0 Å². The molecular formula is C14H15Cl2N3. The Kier molecular flexibility index (Phi) is 5.14. The largest absolute Gasteiger partial charge is 0.306 e. The fraction of sp³-hybridized carbons (Fsp3) is 0.286. The highest BCUT2D eigenvalue weighted by molar-refractivity contribution is 6.33. The predicted molar refractivity (Wildman–Crippen MR) is 78.6 cm³/mol. The summed E-state index contributed by atoms with van der Waals surface area (Å²) in [5, 5.41) is 12.5. The van der Waals surface area contributed by atoms with Crippen molar-refractivity contribution < 1.29 is 0 Å². The van der Waals surface area contributed by atoms with Gasteiger partial charge in [-0.1, -0.05) is 30.1 Å². The Bertz CT molecular complexity index is 531. The first-order chi connectivity index (χ1) is 9.22. The number of hydrogen-bond donors (Lipinski definition) is 1. The lowest BCUT2D eigenvalue weighted by atomic mass is 10.0. The van der Waals surface area contributed by atoms with Gasteiger partial charge in [0, 0.05) is 16.2 Å². The summed E-state index contributed by atoms with van der Waals surface area (Å²) in [6.07, 6.45) is 4.45. The average Bonchev–Trinajstić information content (AvgIpc) is 2.44. The van der Waals surface area contributed by atoms with Crippen molar-refractivity contribution in [1.82, 2.24) is 15.5 Å². The maximum absolute atomic E-state index is 6.29. The van der Waals surface area contributed by atoms with Crippen molar-refractivity contribution >= 4 is 23.2 Å². The van der Waals surface area contributed by atoms with Crippen LogP contribution in [0, 0.1) is 0 Å². The van der Waals surface area contributed by atoms with Crippen LogP contribution >= 0.6 is 23.2 Å². The summed E-state index contributed by atoms with van der Waals surface area (Å²) in [5.41, 5.74) is 1.98. The molecule has 2 rings (SSSR count). The number of aromatic nitrogens is 2. The molecule has 0 aliphatic heterocycles. The minimum Gasteiger partial charge on any atom is -0.306 e. The lowest BCUT2D eigenvalue weighted by Crippen LogP contribution is -2.23. The Balaban J connectivity index is 2.40. The van der Waals surface area contributed by atoms with Crippen LogP contribution in [0.25, 0.3) is 0 Å². The summed E-state index contributed by atoms with van der Waals surface area (Å²) in [5.74, 6) is 0. The molecule has 0 aliphatic rings. The molecule has 2 aromatic rings. The highest BCUT2D eigenvalue weighted by atomic mass is 35.5.